The van der Waals surface area contributed by atoms with Gasteiger partial charge in [-0.05, 0) is 38.4 Å². The lowest BCUT2D eigenvalue weighted by Crippen LogP contribution is -2.44. The average Bonchev–Trinajstić information content (AvgIpc) is 3.18. The van der Waals surface area contributed by atoms with Gasteiger partial charge in [0, 0.05) is 44.0 Å². The van der Waals surface area contributed by atoms with Crippen molar-refractivity contribution in [3.05, 3.63) is 0 Å². The van der Waals surface area contributed by atoms with Gasteiger partial charge in [0.05, 0.1) is 13.2 Å². The monoisotopic (exact) mass is 457 g/mol. The minimum absolute atomic E-state index is 0. The van der Waals surface area contributed by atoms with E-state index in [1.165, 1.54) is 18.6 Å². The van der Waals surface area contributed by atoms with Crippen LogP contribution in [-0.2, 0) is 9.47 Å². The second kappa shape index (κ2) is 11.8. The molecule has 2 atom stereocenters. The van der Waals surface area contributed by atoms with Crippen LogP contribution in [0.15, 0.2) is 4.99 Å². The highest BCUT2D eigenvalue weighted by Gasteiger charge is 2.29. The van der Waals surface area contributed by atoms with Gasteiger partial charge < -0.3 is 20.1 Å². The van der Waals surface area contributed by atoms with Crippen molar-refractivity contribution in [2.75, 3.05) is 52.3 Å². The molecule has 0 aromatic heterocycles. The molecular formula is C16H32IN3O2S. The topological polar surface area (TPSA) is 54.9 Å². The molecule has 2 saturated heterocycles. The van der Waals surface area contributed by atoms with Gasteiger partial charge in [0.1, 0.15) is 0 Å². The molecule has 0 aromatic rings. The number of aliphatic imine (C=N–C) groups is 1. The Morgan fingerprint density at radius 2 is 2.30 bits per heavy atom. The van der Waals surface area contributed by atoms with Gasteiger partial charge in [-0.25, -0.2) is 0 Å². The first-order chi connectivity index (χ1) is 10.7. The minimum Gasteiger partial charge on any atom is -0.381 e. The summed E-state index contributed by atoms with van der Waals surface area (Å²) in [6, 6.07) is 0. The van der Waals surface area contributed by atoms with E-state index in [4.69, 9.17) is 9.47 Å². The van der Waals surface area contributed by atoms with E-state index in [2.05, 4.69) is 34.3 Å². The zero-order valence-electron chi connectivity index (χ0n) is 14.4. The van der Waals surface area contributed by atoms with Gasteiger partial charge in [-0.15, -0.1) is 24.0 Å². The van der Waals surface area contributed by atoms with Crippen molar-refractivity contribution < 1.29 is 9.47 Å². The molecular weight excluding hydrogens is 425 g/mol. The maximum absolute atomic E-state index is 5.71. The normalized spacial score (nSPS) is 27.7. The van der Waals surface area contributed by atoms with Gasteiger partial charge >= 0.3 is 0 Å². The number of guanidine groups is 1. The highest BCUT2D eigenvalue weighted by atomic mass is 127. The number of rotatable bonds is 8. The zero-order chi connectivity index (χ0) is 15.7. The summed E-state index contributed by atoms with van der Waals surface area (Å²) in [6.07, 6.45) is 4.77. The third-order valence-electron chi connectivity index (χ3n) is 4.29. The summed E-state index contributed by atoms with van der Waals surface area (Å²) >= 11 is 2.07. The van der Waals surface area contributed by atoms with E-state index in [1.54, 1.807) is 0 Å². The van der Waals surface area contributed by atoms with E-state index in [9.17, 15) is 0 Å². The Morgan fingerprint density at radius 1 is 1.43 bits per heavy atom. The maximum atomic E-state index is 5.71. The Balaban J connectivity index is 0.00000264. The molecule has 0 spiro atoms. The number of ether oxygens (including phenoxy) is 2. The molecule has 0 radical (unpaired) electrons. The van der Waals surface area contributed by atoms with Crippen LogP contribution in [0.5, 0.6) is 0 Å². The molecule has 7 heteroatoms. The van der Waals surface area contributed by atoms with Crippen molar-refractivity contribution in [2.45, 2.75) is 37.4 Å². The molecule has 0 amide bonds. The summed E-state index contributed by atoms with van der Waals surface area (Å²) in [4.78, 5) is 4.29. The first kappa shape index (κ1) is 21.3. The van der Waals surface area contributed by atoms with Crippen molar-refractivity contribution in [2.24, 2.45) is 10.9 Å². The van der Waals surface area contributed by atoms with Gasteiger partial charge in [-0.1, -0.05) is 0 Å². The van der Waals surface area contributed by atoms with Gasteiger partial charge in [-0.2, -0.15) is 11.8 Å². The van der Waals surface area contributed by atoms with Crippen LogP contribution in [-0.4, -0.2) is 63.0 Å². The van der Waals surface area contributed by atoms with Gasteiger partial charge in [0.15, 0.2) is 5.96 Å². The van der Waals surface area contributed by atoms with Crippen molar-refractivity contribution >= 4 is 41.7 Å². The Kier molecular flexibility index (Phi) is 10.9. The first-order valence-electron chi connectivity index (χ1n) is 8.46. The fourth-order valence-corrected chi connectivity index (χ4v) is 4.06. The van der Waals surface area contributed by atoms with E-state index in [0.29, 0.717) is 10.7 Å². The van der Waals surface area contributed by atoms with Crippen molar-refractivity contribution in [3.63, 3.8) is 0 Å². The summed E-state index contributed by atoms with van der Waals surface area (Å²) in [5.41, 5.74) is 0. The lowest BCUT2D eigenvalue weighted by atomic mass is 10.1. The van der Waals surface area contributed by atoms with Crippen molar-refractivity contribution in [3.8, 4) is 0 Å². The zero-order valence-corrected chi connectivity index (χ0v) is 17.6. The van der Waals surface area contributed by atoms with Gasteiger partial charge in [0.25, 0.3) is 0 Å². The molecule has 136 valence electrons. The lowest BCUT2D eigenvalue weighted by Gasteiger charge is -2.24. The lowest BCUT2D eigenvalue weighted by molar-refractivity contribution is 0.0888. The third-order valence-corrected chi connectivity index (χ3v) is 5.83. The number of hydrogen-bond acceptors (Lipinski definition) is 4. The predicted molar refractivity (Wildman–Crippen MR) is 109 cm³/mol. The number of nitrogens with one attached hydrogen (secondary N) is 2. The molecule has 2 aliphatic rings. The van der Waals surface area contributed by atoms with Gasteiger partial charge in [0.2, 0.25) is 0 Å². The summed E-state index contributed by atoms with van der Waals surface area (Å²) in [7, 11) is 1.83. The molecule has 2 rings (SSSR count). The number of thioether (sulfide) groups is 1. The fraction of sp³-hybridized carbons (Fsp3) is 0.938. The summed E-state index contributed by atoms with van der Waals surface area (Å²) in [5, 5.41) is 6.81. The molecule has 23 heavy (non-hydrogen) atoms. The van der Waals surface area contributed by atoms with E-state index in [1.807, 2.05) is 7.05 Å². The molecule has 2 heterocycles. The van der Waals surface area contributed by atoms with Crippen LogP contribution in [0.1, 0.15) is 32.6 Å². The highest BCUT2D eigenvalue weighted by Crippen LogP contribution is 2.36. The molecule has 2 aliphatic heterocycles. The second-order valence-electron chi connectivity index (χ2n) is 6.41. The molecule has 0 aliphatic carbocycles. The molecule has 2 fully saturated rings. The molecule has 2 unspecified atom stereocenters. The number of hydrogen-bond donors (Lipinski definition) is 2. The van der Waals surface area contributed by atoms with Gasteiger partial charge in [-0.3, -0.25) is 4.99 Å². The Bertz CT molecular complexity index is 346. The molecule has 0 aromatic carbocycles. The van der Waals surface area contributed by atoms with Crippen LogP contribution in [0.25, 0.3) is 0 Å². The standard InChI is InChI=1S/C16H31N3O2S.HI/c1-16(6-3-10-22-16)13-19-15(17-2)18-7-4-8-20-11-14-5-9-21-12-14;/h14H,3-13H2,1-2H3,(H2,17,18,19);1H. The fourth-order valence-electron chi connectivity index (χ4n) is 2.81. The smallest absolute Gasteiger partial charge is 0.191 e. The van der Waals surface area contributed by atoms with Crippen LogP contribution in [0.4, 0.5) is 0 Å². The number of nitrogens with zero attached hydrogens (tertiary/aromatic N) is 1. The second-order valence-corrected chi connectivity index (χ2v) is 8.10. The first-order valence-corrected chi connectivity index (χ1v) is 9.44. The van der Waals surface area contributed by atoms with Crippen LogP contribution < -0.4 is 10.6 Å². The van der Waals surface area contributed by atoms with Crippen molar-refractivity contribution in [1.29, 1.82) is 0 Å². The molecule has 2 N–H and O–H groups in total. The minimum atomic E-state index is 0. The van der Waals surface area contributed by atoms with Crippen LogP contribution in [0.2, 0.25) is 0 Å². The Hall–Kier alpha value is 0.270. The van der Waals surface area contributed by atoms with Crippen molar-refractivity contribution in [1.82, 2.24) is 10.6 Å². The quantitative estimate of drug-likeness (QED) is 0.254. The van der Waals surface area contributed by atoms with Crippen LogP contribution in [0.3, 0.4) is 0 Å². The van der Waals surface area contributed by atoms with E-state index < -0.39 is 0 Å². The Labute approximate surface area is 162 Å². The molecule has 0 saturated carbocycles. The van der Waals surface area contributed by atoms with E-state index >= 15 is 0 Å². The highest BCUT2D eigenvalue weighted by molar-refractivity contribution is 14.0. The summed E-state index contributed by atoms with van der Waals surface area (Å²) in [5.74, 6) is 2.79. The van der Waals surface area contributed by atoms with E-state index in [0.717, 1.165) is 58.3 Å². The van der Waals surface area contributed by atoms with E-state index in [-0.39, 0.29) is 24.0 Å². The average molecular weight is 457 g/mol. The number of halogens is 1. The Morgan fingerprint density at radius 3 is 2.96 bits per heavy atom. The third kappa shape index (κ3) is 8.27. The SMILES string of the molecule is CN=C(NCCCOCC1CCOC1)NCC1(C)CCCS1.I. The van der Waals surface area contributed by atoms with Crippen LogP contribution >= 0.6 is 35.7 Å². The van der Waals surface area contributed by atoms with Crippen LogP contribution in [0, 0.1) is 5.92 Å². The summed E-state index contributed by atoms with van der Waals surface area (Å²) < 4.78 is 11.4. The predicted octanol–water partition coefficient (Wildman–Crippen LogP) is 2.50. The largest absolute Gasteiger partial charge is 0.381 e. The summed E-state index contributed by atoms with van der Waals surface area (Å²) in [6.45, 7) is 7.61. The molecule has 0 bridgehead atoms. The maximum Gasteiger partial charge on any atom is 0.191 e. The molecule has 5 nitrogen and oxygen atoms in total.